The second-order valence-corrected chi connectivity index (χ2v) is 8.94. The minimum Gasteiger partial charge on any atom is -0.329 e. The highest BCUT2D eigenvalue weighted by molar-refractivity contribution is 5.93. The smallest absolute Gasteiger partial charge is 0.329 e. The van der Waals surface area contributed by atoms with E-state index in [1.807, 2.05) is 30.3 Å². The van der Waals surface area contributed by atoms with Crippen molar-refractivity contribution in [1.29, 1.82) is 0 Å². The fourth-order valence-electron chi connectivity index (χ4n) is 4.47. The standard InChI is InChI=1S/C26H24F3N7O2/c27-26(28,29)22-11-6-7-17(30-22)15-24(37)31-23-16-20(32-33-23)21-10-4-5-13-35(21)25(38)19-12-14-36(34-19)18-8-2-1-3-9-18/h1-3,6-9,11-12,14,16,21H,4-5,10,13,15H2,(H2,31,32,33,37). The summed E-state index contributed by atoms with van der Waals surface area (Å²) in [6, 6.07) is 15.9. The van der Waals surface area contributed by atoms with Gasteiger partial charge in [-0.05, 0) is 49.6 Å². The molecule has 0 aliphatic carbocycles. The van der Waals surface area contributed by atoms with E-state index < -0.39 is 17.8 Å². The number of H-pyrrole nitrogens is 1. The molecule has 1 aromatic carbocycles. The van der Waals surface area contributed by atoms with Crippen LogP contribution in [-0.4, -0.2) is 48.2 Å². The molecule has 9 nitrogen and oxygen atoms in total. The number of hydrogen-bond acceptors (Lipinski definition) is 5. The van der Waals surface area contributed by atoms with Crippen molar-refractivity contribution in [2.45, 2.75) is 37.9 Å². The average molecular weight is 524 g/mol. The van der Waals surface area contributed by atoms with Crippen LogP contribution in [0.2, 0.25) is 0 Å². The van der Waals surface area contributed by atoms with Crippen molar-refractivity contribution >= 4 is 17.6 Å². The fourth-order valence-corrected chi connectivity index (χ4v) is 4.47. The average Bonchev–Trinajstić information content (AvgIpc) is 3.59. The monoisotopic (exact) mass is 523 g/mol. The van der Waals surface area contributed by atoms with Gasteiger partial charge in [-0.15, -0.1) is 0 Å². The number of anilines is 1. The minimum absolute atomic E-state index is 0.00734. The summed E-state index contributed by atoms with van der Waals surface area (Å²) in [5.74, 6) is -0.554. The molecular formula is C26H24F3N7O2. The molecular weight excluding hydrogens is 499 g/mol. The van der Waals surface area contributed by atoms with Crippen LogP contribution in [0.3, 0.4) is 0 Å². The Kier molecular flexibility index (Phi) is 6.95. The molecule has 0 radical (unpaired) electrons. The van der Waals surface area contributed by atoms with E-state index in [0.29, 0.717) is 24.4 Å². The number of likely N-dealkylation sites (tertiary alicyclic amines) is 1. The van der Waals surface area contributed by atoms with E-state index >= 15 is 0 Å². The summed E-state index contributed by atoms with van der Waals surface area (Å²) in [7, 11) is 0. The molecule has 196 valence electrons. The van der Waals surface area contributed by atoms with Gasteiger partial charge in [0.25, 0.3) is 5.91 Å². The predicted molar refractivity (Wildman–Crippen MR) is 131 cm³/mol. The Labute approximate surface area is 215 Å². The first-order valence-electron chi connectivity index (χ1n) is 12.1. The highest BCUT2D eigenvalue weighted by Gasteiger charge is 2.33. The Bertz CT molecular complexity index is 1430. The molecule has 5 rings (SSSR count). The molecule has 12 heteroatoms. The number of alkyl halides is 3. The van der Waals surface area contributed by atoms with Crippen LogP contribution < -0.4 is 5.32 Å². The fraction of sp³-hybridized carbons (Fsp3) is 0.269. The second kappa shape index (κ2) is 10.5. The van der Waals surface area contributed by atoms with E-state index in [-0.39, 0.29) is 29.9 Å². The zero-order chi connectivity index (χ0) is 26.7. The zero-order valence-corrected chi connectivity index (χ0v) is 20.2. The maximum absolute atomic E-state index is 13.4. The number of nitrogens with zero attached hydrogens (tertiary/aromatic N) is 5. The van der Waals surface area contributed by atoms with E-state index in [4.69, 9.17) is 0 Å². The van der Waals surface area contributed by atoms with Crippen LogP contribution in [-0.2, 0) is 17.4 Å². The van der Waals surface area contributed by atoms with Crippen LogP contribution in [0.4, 0.5) is 19.0 Å². The number of aromatic amines is 1. The number of hydrogen-bond donors (Lipinski definition) is 2. The van der Waals surface area contributed by atoms with Crippen LogP contribution in [0.15, 0.2) is 66.9 Å². The number of carbonyl (C=O) groups excluding carboxylic acids is 2. The first-order chi connectivity index (χ1) is 18.3. The van der Waals surface area contributed by atoms with Crippen LogP contribution >= 0.6 is 0 Å². The van der Waals surface area contributed by atoms with E-state index in [2.05, 4.69) is 25.6 Å². The number of piperidine rings is 1. The van der Waals surface area contributed by atoms with Gasteiger partial charge >= 0.3 is 6.18 Å². The predicted octanol–water partition coefficient (Wildman–Crippen LogP) is 4.56. The Morgan fingerprint density at radius 2 is 1.87 bits per heavy atom. The molecule has 2 amide bonds. The van der Waals surface area contributed by atoms with Gasteiger partial charge in [-0.25, -0.2) is 9.67 Å². The Morgan fingerprint density at radius 1 is 1.05 bits per heavy atom. The Morgan fingerprint density at radius 3 is 2.66 bits per heavy atom. The molecule has 2 N–H and O–H groups in total. The van der Waals surface area contributed by atoms with Crippen molar-refractivity contribution in [3.8, 4) is 5.69 Å². The highest BCUT2D eigenvalue weighted by atomic mass is 19.4. The summed E-state index contributed by atoms with van der Waals surface area (Å²) in [6.45, 7) is 0.545. The van der Waals surface area contributed by atoms with Gasteiger partial charge in [0.05, 0.1) is 29.5 Å². The number of rotatable bonds is 6. The van der Waals surface area contributed by atoms with Crippen LogP contribution in [0.1, 0.15) is 52.9 Å². The van der Waals surface area contributed by atoms with Crippen molar-refractivity contribution < 1.29 is 22.8 Å². The lowest BCUT2D eigenvalue weighted by atomic mass is 9.99. The van der Waals surface area contributed by atoms with Gasteiger partial charge in [0.2, 0.25) is 5.91 Å². The summed E-state index contributed by atoms with van der Waals surface area (Å²) in [4.78, 5) is 31.1. The maximum Gasteiger partial charge on any atom is 0.433 e. The Balaban J connectivity index is 1.26. The van der Waals surface area contributed by atoms with Crippen molar-refractivity contribution in [2.24, 2.45) is 0 Å². The Hall–Kier alpha value is -4.48. The molecule has 1 fully saturated rings. The molecule has 0 bridgehead atoms. The third-order valence-electron chi connectivity index (χ3n) is 6.26. The molecule has 3 aromatic heterocycles. The van der Waals surface area contributed by atoms with Crippen LogP contribution in [0.25, 0.3) is 5.69 Å². The van der Waals surface area contributed by atoms with Gasteiger partial charge < -0.3 is 10.2 Å². The third kappa shape index (κ3) is 5.58. The van der Waals surface area contributed by atoms with Gasteiger partial charge in [0.1, 0.15) is 5.69 Å². The quantitative estimate of drug-likeness (QED) is 0.385. The molecule has 0 saturated carbocycles. The number of para-hydroxylation sites is 1. The van der Waals surface area contributed by atoms with Gasteiger partial charge in [0.15, 0.2) is 11.5 Å². The third-order valence-corrected chi connectivity index (χ3v) is 6.26. The summed E-state index contributed by atoms with van der Waals surface area (Å²) < 4.78 is 40.3. The largest absolute Gasteiger partial charge is 0.433 e. The topological polar surface area (TPSA) is 109 Å². The number of amides is 2. The number of pyridine rings is 1. The lowest BCUT2D eigenvalue weighted by Crippen LogP contribution is -2.39. The van der Waals surface area contributed by atoms with Gasteiger partial charge in [-0.3, -0.25) is 14.7 Å². The van der Waals surface area contributed by atoms with Crippen LogP contribution in [0, 0.1) is 0 Å². The van der Waals surface area contributed by atoms with Crippen LogP contribution in [0.5, 0.6) is 0 Å². The van der Waals surface area contributed by atoms with E-state index in [9.17, 15) is 22.8 Å². The minimum atomic E-state index is -4.59. The van der Waals surface area contributed by atoms with E-state index in [1.54, 1.807) is 27.9 Å². The lowest BCUT2D eigenvalue weighted by Gasteiger charge is -2.34. The van der Waals surface area contributed by atoms with Gasteiger partial charge in [-0.2, -0.15) is 23.4 Å². The van der Waals surface area contributed by atoms with Crippen molar-refractivity contribution in [3.05, 3.63) is 89.6 Å². The lowest BCUT2D eigenvalue weighted by molar-refractivity contribution is -0.141. The molecule has 0 spiro atoms. The van der Waals surface area contributed by atoms with E-state index in [0.717, 1.165) is 24.6 Å². The number of halogens is 3. The molecule has 1 atom stereocenters. The molecule has 1 aliphatic rings. The van der Waals surface area contributed by atoms with E-state index in [1.165, 1.54) is 12.1 Å². The SMILES string of the molecule is O=C(Cc1cccc(C(F)(F)F)n1)Nc1cc(C2CCCCN2C(=O)c2ccn(-c3ccccc3)n2)[nH]n1. The molecule has 1 saturated heterocycles. The summed E-state index contributed by atoms with van der Waals surface area (Å²) >= 11 is 0. The molecule has 38 heavy (non-hydrogen) atoms. The molecule has 4 heterocycles. The number of benzene rings is 1. The normalized spacial score (nSPS) is 15.9. The summed E-state index contributed by atoms with van der Waals surface area (Å²) in [5.41, 5.74) is 0.749. The first-order valence-corrected chi connectivity index (χ1v) is 12.1. The highest BCUT2D eigenvalue weighted by Crippen LogP contribution is 2.32. The van der Waals surface area contributed by atoms with Crippen molar-refractivity contribution in [2.75, 3.05) is 11.9 Å². The molecule has 4 aromatic rings. The number of nitrogens with one attached hydrogen (secondary N) is 2. The molecule has 1 unspecified atom stereocenters. The van der Waals surface area contributed by atoms with Crippen molar-refractivity contribution in [3.63, 3.8) is 0 Å². The van der Waals surface area contributed by atoms with Crippen molar-refractivity contribution in [1.82, 2.24) is 29.9 Å². The first kappa shape index (κ1) is 25.2. The number of carbonyl (C=O) groups is 2. The van der Waals surface area contributed by atoms with Gasteiger partial charge in [-0.1, -0.05) is 24.3 Å². The molecule has 1 aliphatic heterocycles. The summed E-state index contributed by atoms with van der Waals surface area (Å²) in [6.07, 6.45) is -0.728. The van der Waals surface area contributed by atoms with Gasteiger partial charge in [0, 0.05) is 18.8 Å². The maximum atomic E-state index is 13.4. The number of aromatic nitrogens is 5. The second-order valence-electron chi connectivity index (χ2n) is 8.94. The summed E-state index contributed by atoms with van der Waals surface area (Å²) in [5, 5.41) is 14.1. The zero-order valence-electron chi connectivity index (χ0n) is 20.2.